The van der Waals surface area contributed by atoms with Crippen LogP contribution in [-0.2, 0) is 0 Å². The van der Waals surface area contributed by atoms with Gasteiger partial charge < -0.3 is 5.73 Å². The van der Waals surface area contributed by atoms with Crippen molar-refractivity contribution >= 4 is 0 Å². The zero-order chi connectivity index (χ0) is 15.6. The van der Waals surface area contributed by atoms with Crippen LogP contribution in [0.3, 0.4) is 0 Å². The first-order valence-corrected chi connectivity index (χ1v) is 7.33. The highest BCUT2D eigenvalue weighted by molar-refractivity contribution is 4.92. The van der Waals surface area contributed by atoms with Crippen molar-refractivity contribution in [2.75, 3.05) is 32.7 Å². The molecular formula is C14H28F3N3. The van der Waals surface area contributed by atoms with Crippen molar-refractivity contribution in [1.82, 2.24) is 9.80 Å². The lowest BCUT2D eigenvalue weighted by Crippen LogP contribution is -2.60. The van der Waals surface area contributed by atoms with E-state index in [2.05, 4.69) is 32.6 Å². The maximum Gasteiger partial charge on any atom is 0.401 e. The summed E-state index contributed by atoms with van der Waals surface area (Å²) in [4.78, 5) is 3.74. The predicted octanol–water partition coefficient (Wildman–Crippen LogP) is 2.32. The van der Waals surface area contributed by atoms with Gasteiger partial charge in [-0.25, -0.2) is 0 Å². The molecule has 0 bridgehead atoms. The number of hydrogen-bond donors (Lipinski definition) is 1. The van der Waals surface area contributed by atoms with Gasteiger partial charge in [-0.1, -0.05) is 27.7 Å². The van der Waals surface area contributed by atoms with Gasteiger partial charge in [0.15, 0.2) is 0 Å². The maximum atomic E-state index is 12.4. The number of hydrogen-bond acceptors (Lipinski definition) is 3. The predicted molar refractivity (Wildman–Crippen MR) is 75.6 cm³/mol. The molecule has 0 radical (unpaired) electrons. The van der Waals surface area contributed by atoms with Crippen LogP contribution in [0.5, 0.6) is 0 Å². The first-order chi connectivity index (χ1) is 9.04. The molecule has 1 fully saturated rings. The molecule has 0 saturated carbocycles. The van der Waals surface area contributed by atoms with E-state index in [0.717, 1.165) is 6.42 Å². The number of nitrogens with zero attached hydrogens (tertiary/aromatic N) is 2. The zero-order valence-electron chi connectivity index (χ0n) is 13.0. The van der Waals surface area contributed by atoms with E-state index in [9.17, 15) is 13.2 Å². The molecule has 6 heteroatoms. The summed E-state index contributed by atoms with van der Waals surface area (Å²) in [5.74, 6) is 0. The topological polar surface area (TPSA) is 32.5 Å². The summed E-state index contributed by atoms with van der Waals surface area (Å²) in [5, 5.41) is 0. The van der Waals surface area contributed by atoms with Gasteiger partial charge in [-0.2, -0.15) is 13.2 Å². The van der Waals surface area contributed by atoms with Gasteiger partial charge in [-0.3, -0.25) is 9.80 Å². The Morgan fingerprint density at radius 3 is 1.90 bits per heavy atom. The van der Waals surface area contributed by atoms with Crippen LogP contribution in [0, 0.1) is 5.41 Å². The monoisotopic (exact) mass is 295 g/mol. The third kappa shape index (κ3) is 5.22. The Hall–Kier alpha value is -0.330. The molecule has 0 aromatic rings. The van der Waals surface area contributed by atoms with E-state index in [1.165, 1.54) is 4.90 Å². The summed E-state index contributed by atoms with van der Waals surface area (Å²) in [6.07, 6.45) is -3.23. The minimum atomic E-state index is -4.11. The maximum absolute atomic E-state index is 12.4. The molecule has 0 spiro atoms. The Morgan fingerprint density at radius 1 is 1.05 bits per heavy atom. The van der Waals surface area contributed by atoms with Crippen molar-refractivity contribution in [3.05, 3.63) is 0 Å². The van der Waals surface area contributed by atoms with Crippen molar-refractivity contribution in [3.63, 3.8) is 0 Å². The fourth-order valence-electron chi connectivity index (χ4n) is 3.14. The minimum Gasteiger partial charge on any atom is -0.326 e. The Balaban J connectivity index is 2.62. The highest BCUT2D eigenvalue weighted by Gasteiger charge is 2.38. The van der Waals surface area contributed by atoms with Crippen LogP contribution in [0.25, 0.3) is 0 Å². The molecule has 1 aliphatic rings. The van der Waals surface area contributed by atoms with Crippen LogP contribution >= 0.6 is 0 Å². The summed E-state index contributed by atoms with van der Waals surface area (Å²) < 4.78 is 37.2. The second kappa shape index (κ2) is 6.62. The first kappa shape index (κ1) is 17.7. The van der Waals surface area contributed by atoms with Gasteiger partial charge in [0.25, 0.3) is 0 Å². The van der Waals surface area contributed by atoms with Crippen LogP contribution < -0.4 is 5.73 Å². The summed E-state index contributed by atoms with van der Waals surface area (Å²) >= 11 is 0. The molecule has 0 aromatic heterocycles. The van der Waals surface area contributed by atoms with E-state index < -0.39 is 12.7 Å². The normalized spacial score (nSPS) is 22.8. The van der Waals surface area contributed by atoms with Crippen LogP contribution in [0.4, 0.5) is 13.2 Å². The molecule has 2 atom stereocenters. The molecule has 1 rings (SSSR count). The quantitative estimate of drug-likeness (QED) is 0.864. The lowest BCUT2D eigenvalue weighted by atomic mass is 9.80. The summed E-state index contributed by atoms with van der Waals surface area (Å²) in [5.41, 5.74) is 6.26. The van der Waals surface area contributed by atoms with Crippen LogP contribution in [0.1, 0.15) is 34.1 Å². The minimum absolute atomic E-state index is 0.0294. The summed E-state index contributed by atoms with van der Waals surface area (Å²) in [6.45, 7) is 9.94. The Labute approximate surface area is 120 Å². The molecule has 20 heavy (non-hydrogen) atoms. The standard InChI is InChI=1S/C14H28F3N3/c1-5-11(18)12(13(2,3)4)20-8-6-19(7-9-20)10-14(15,16)17/h11-12H,5-10,18H2,1-4H3. The second-order valence-corrected chi connectivity index (χ2v) is 6.81. The van der Waals surface area contributed by atoms with Crippen molar-refractivity contribution in [1.29, 1.82) is 0 Å². The fraction of sp³-hybridized carbons (Fsp3) is 1.00. The molecule has 2 unspecified atom stereocenters. The lowest BCUT2D eigenvalue weighted by Gasteiger charge is -2.47. The van der Waals surface area contributed by atoms with E-state index in [1.807, 2.05) is 0 Å². The molecule has 120 valence electrons. The molecular weight excluding hydrogens is 267 g/mol. The largest absolute Gasteiger partial charge is 0.401 e. The van der Waals surface area contributed by atoms with E-state index in [0.29, 0.717) is 26.2 Å². The molecule has 3 nitrogen and oxygen atoms in total. The van der Waals surface area contributed by atoms with Crippen molar-refractivity contribution in [2.45, 2.75) is 52.4 Å². The molecule has 1 heterocycles. The number of piperazine rings is 1. The number of alkyl halides is 3. The smallest absolute Gasteiger partial charge is 0.326 e. The van der Waals surface area contributed by atoms with Crippen molar-refractivity contribution < 1.29 is 13.2 Å². The third-order valence-corrected chi connectivity index (χ3v) is 3.97. The van der Waals surface area contributed by atoms with Crippen molar-refractivity contribution in [3.8, 4) is 0 Å². The van der Waals surface area contributed by atoms with Crippen molar-refractivity contribution in [2.24, 2.45) is 11.1 Å². The fourth-order valence-corrected chi connectivity index (χ4v) is 3.14. The van der Waals surface area contributed by atoms with Gasteiger partial charge >= 0.3 is 6.18 Å². The average Bonchev–Trinajstić information content (AvgIpc) is 2.27. The lowest BCUT2D eigenvalue weighted by molar-refractivity contribution is -0.150. The van der Waals surface area contributed by atoms with Gasteiger partial charge in [0, 0.05) is 38.3 Å². The van der Waals surface area contributed by atoms with Crippen LogP contribution in [-0.4, -0.2) is 60.8 Å². The molecule has 0 aromatic carbocycles. The Kier molecular flexibility index (Phi) is 5.87. The van der Waals surface area contributed by atoms with Gasteiger partial charge in [0.2, 0.25) is 0 Å². The van der Waals surface area contributed by atoms with E-state index >= 15 is 0 Å². The second-order valence-electron chi connectivity index (χ2n) is 6.81. The Morgan fingerprint density at radius 2 is 1.55 bits per heavy atom. The molecule has 0 aliphatic carbocycles. The summed E-state index contributed by atoms with van der Waals surface area (Å²) in [6, 6.07) is 0.268. The third-order valence-electron chi connectivity index (χ3n) is 3.97. The highest BCUT2D eigenvalue weighted by Crippen LogP contribution is 2.29. The molecule has 1 aliphatic heterocycles. The Bertz CT molecular complexity index is 291. The summed E-state index contributed by atoms with van der Waals surface area (Å²) in [7, 11) is 0. The van der Waals surface area contributed by atoms with Gasteiger partial charge in [0.05, 0.1) is 6.54 Å². The van der Waals surface area contributed by atoms with E-state index in [1.54, 1.807) is 0 Å². The number of nitrogens with two attached hydrogens (primary N) is 1. The van der Waals surface area contributed by atoms with Gasteiger partial charge in [-0.05, 0) is 11.8 Å². The number of rotatable bonds is 4. The number of halogens is 3. The molecule has 1 saturated heterocycles. The first-order valence-electron chi connectivity index (χ1n) is 7.33. The SMILES string of the molecule is CCC(N)C(N1CCN(CC(F)(F)F)CC1)C(C)(C)C. The van der Waals surface area contributed by atoms with Gasteiger partial charge in [0.1, 0.15) is 0 Å². The van der Waals surface area contributed by atoms with E-state index in [-0.39, 0.29) is 17.5 Å². The van der Waals surface area contributed by atoms with Gasteiger partial charge in [-0.15, -0.1) is 0 Å². The molecule has 0 amide bonds. The highest BCUT2D eigenvalue weighted by atomic mass is 19.4. The van der Waals surface area contributed by atoms with Crippen LogP contribution in [0.2, 0.25) is 0 Å². The molecule has 2 N–H and O–H groups in total. The van der Waals surface area contributed by atoms with Crippen LogP contribution in [0.15, 0.2) is 0 Å². The zero-order valence-corrected chi connectivity index (χ0v) is 13.0. The van der Waals surface area contributed by atoms with E-state index in [4.69, 9.17) is 5.73 Å². The average molecular weight is 295 g/mol.